The third-order valence-electron chi connectivity index (χ3n) is 3.25. The number of hydrogen-bond donors (Lipinski definition) is 2. The summed E-state index contributed by atoms with van der Waals surface area (Å²) in [6, 6.07) is 4.73. The molecule has 2 N–H and O–H groups in total. The summed E-state index contributed by atoms with van der Waals surface area (Å²) < 4.78 is 18.9. The number of hydrogen-bond acceptors (Lipinski definition) is 3. The monoisotopic (exact) mass is 239 g/mol. The van der Waals surface area contributed by atoms with E-state index in [-0.39, 0.29) is 12.2 Å². The highest BCUT2D eigenvalue weighted by Gasteiger charge is 2.31. The predicted molar refractivity (Wildman–Crippen MR) is 63.7 cm³/mol. The average Bonchev–Trinajstić information content (AvgIpc) is 2.32. The van der Waals surface area contributed by atoms with E-state index in [4.69, 9.17) is 4.74 Å². The molecule has 1 aromatic rings. The summed E-state index contributed by atoms with van der Waals surface area (Å²) in [6.07, 6.45) is 1.89. The third-order valence-corrected chi connectivity index (χ3v) is 3.25. The first-order valence-electron chi connectivity index (χ1n) is 5.89. The van der Waals surface area contributed by atoms with E-state index in [9.17, 15) is 9.50 Å². The maximum absolute atomic E-state index is 13.8. The molecule has 1 fully saturated rings. The van der Waals surface area contributed by atoms with E-state index < -0.39 is 5.60 Å². The Morgan fingerprint density at radius 1 is 1.53 bits per heavy atom. The lowest BCUT2D eigenvalue weighted by molar-refractivity contribution is 0.0157. The first kappa shape index (κ1) is 12.3. The van der Waals surface area contributed by atoms with Gasteiger partial charge in [0.25, 0.3) is 0 Å². The van der Waals surface area contributed by atoms with E-state index in [0.717, 1.165) is 13.0 Å². The Morgan fingerprint density at radius 3 is 3.00 bits per heavy atom. The van der Waals surface area contributed by atoms with Gasteiger partial charge in [0.2, 0.25) is 0 Å². The van der Waals surface area contributed by atoms with Crippen LogP contribution in [-0.2, 0) is 6.42 Å². The number of halogens is 1. The van der Waals surface area contributed by atoms with Gasteiger partial charge in [-0.1, -0.05) is 6.07 Å². The fourth-order valence-corrected chi connectivity index (χ4v) is 2.33. The summed E-state index contributed by atoms with van der Waals surface area (Å²) in [5, 5.41) is 13.5. The summed E-state index contributed by atoms with van der Waals surface area (Å²) in [5.41, 5.74) is -0.408. The fourth-order valence-electron chi connectivity index (χ4n) is 2.33. The predicted octanol–water partition coefficient (Wildman–Crippen LogP) is 1.49. The maximum Gasteiger partial charge on any atom is 0.130 e. The van der Waals surface area contributed by atoms with Crippen LogP contribution in [0.3, 0.4) is 0 Å². The van der Waals surface area contributed by atoms with E-state index >= 15 is 0 Å². The summed E-state index contributed by atoms with van der Waals surface area (Å²) in [6.45, 7) is 1.42. The molecule has 1 aliphatic rings. The van der Waals surface area contributed by atoms with Gasteiger partial charge in [0.05, 0.1) is 12.7 Å². The van der Waals surface area contributed by atoms with Crippen molar-refractivity contribution in [1.82, 2.24) is 5.32 Å². The van der Waals surface area contributed by atoms with Crippen molar-refractivity contribution in [2.75, 3.05) is 20.2 Å². The number of aliphatic hydroxyl groups is 1. The van der Waals surface area contributed by atoms with Gasteiger partial charge in [-0.2, -0.15) is 0 Å². The highest BCUT2D eigenvalue weighted by Crippen LogP contribution is 2.28. The second-order valence-electron chi connectivity index (χ2n) is 4.60. The van der Waals surface area contributed by atoms with E-state index in [1.807, 2.05) is 0 Å². The minimum absolute atomic E-state index is 0.288. The van der Waals surface area contributed by atoms with Crippen LogP contribution in [0.2, 0.25) is 0 Å². The lowest BCUT2D eigenvalue weighted by atomic mass is 9.87. The van der Waals surface area contributed by atoms with Gasteiger partial charge in [-0.15, -0.1) is 0 Å². The van der Waals surface area contributed by atoms with Crippen LogP contribution in [0.15, 0.2) is 18.2 Å². The molecule has 1 unspecified atom stereocenters. The van der Waals surface area contributed by atoms with Gasteiger partial charge in [-0.05, 0) is 31.5 Å². The molecule has 0 spiro atoms. The largest absolute Gasteiger partial charge is 0.496 e. The molecular weight excluding hydrogens is 221 g/mol. The Kier molecular flexibility index (Phi) is 3.64. The topological polar surface area (TPSA) is 41.5 Å². The molecule has 3 nitrogen and oxygen atoms in total. The Balaban J connectivity index is 2.22. The molecule has 0 bridgehead atoms. The van der Waals surface area contributed by atoms with Gasteiger partial charge < -0.3 is 15.2 Å². The quantitative estimate of drug-likeness (QED) is 0.839. The Labute approximate surface area is 101 Å². The Hall–Kier alpha value is -1.13. The van der Waals surface area contributed by atoms with Crippen LogP contribution >= 0.6 is 0 Å². The molecule has 0 amide bonds. The van der Waals surface area contributed by atoms with Crippen molar-refractivity contribution in [3.8, 4) is 5.75 Å². The third kappa shape index (κ3) is 2.76. The summed E-state index contributed by atoms with van der Waals surface area (Å²) >= 11 is 0. The zero-order chi connectivity index (χ0) is 12.3. The average molecular weight is 239 g/mol. The Morgan fingerprint density at radius 2 is 2.35 bits per heavy atom. The van der Waals surface area contributed by atoms with E-state index in [2.05, 4.69) is 5.32 Å². The number of piperidine rings is 1. The molecule has 4 heteroatoms. The van der Waals surface area contributed by atoms with Gasteiger partial charge >= 0.3 is 0 Å². The zero-order valence-electron chi connectivity index (χ0n) is 10.0. The lowest BCUT2D eigenvalue weighted by Gasteiger charge is -2.33. The molecule has 0 radical (unpaired) electrons. The van der Waals surface area contributed by atoms with Gasteiger partial charge in [-0.25, -0.2) is 4.39 Å². The van der Waals surface area contributed by atoms with Crippen LogP contribution in [-0.4, -0.2) is 30.9 Å². The van der Waals surface area contributed by atoms with Crippen molar-refractivity contribution in [2.24, 2.45) is 0 Å². The minimum Gasteiger partial charge on any atom is -0.496 e. The van der Waals surface area contributed by atoms with E-state index in [1.165, 1.54) is 13.2 Å². The number of ether oxygens (including phenoxy) is 1. The van der Waals surface area contributed by atoms with Crippen LogP contribution in [0.25, 0.3) is 0 Å². The van der Waals surface area contributed by atoms with Crippen LogP contribution in [0.5, 0.6) is 5.75 Å². The number of nitrogens with one attached hydrogen (secondary N) is 1. The number of benzene rings is 1. The minimum atomic E-state index is -0.867. The van der Waals surface area contributed by atoms with Crippen LogP contribution in [0.4, 0.5) is 4.39 Å². The molecule has 1 aliphatic heterocycles. The maximum atomic E-state index is 13.8. The van der Waals surface area contributed by atoms with Crippen molar-refractivity contribution in [3.63, 3.8) is 0 Å². The van der Waals surface area contributed by atoms with Crippen molar-refractivity contribution >= 4 is 0 Å². The smallest absolute Gasteiger partial charge is 0.130 e. The first-order chi connectivity index (χ1) is 8.14. The van der Waals surface area contributed by atoms with Crippen molar-refractivity contribution in [3.05, 3.63) is 29.6 Å². The van der Waals surface area contributed by atoms with E-state index in [0.29, 0.717) is 24.3 Å². The molecule has 0 aliphatic carbocycles. The standard InChI is InChI=1S/C13H18FNO2/c1-17-12-5-2-4-11(14)10(12)8-13(16)6-3-7-15-9-13/h2,4-5,15-16H,3,6-9H2,1H3. The molecule has 1 heterocycles. The molecule has 2 rings (SSSR count). The van der Waals surface area contributed by atoms with Crippen molar-refractivity contribution in [1.29, 1.82) is 0 Å². The van der Waals surface area contributed by atoms with Gasteiger partial charge in [0.1, 0.15) is 11.6 Å². The normalized spacial score (nSPS) is 24.6. The Bertz CT molecular complexity index is 389. The van der Waals surface area contributed by atoms with Crippen LogP contribution in [0, 0.1) is 5.82 Å². The highest BCUT2D eigenvalue weighted by molar-refractivity contribution is 5.36. The zero-order valence-corrected chi connectivity index (χ0v) is 10.0. The molecule has 0 saturated carbocycles. The van der Waals surface area contributed by atoms with Gasteiger partial charge in [-0.3, -0.25) is 0 Å². The van der Waals surface area contributed by atoms with Gasteiger partial charge in [0, 0.05) is 18.5 Å². The van der Waals surface area contributed by atoms with Crippen LogP contribution in [0.1, 0.15) is 18.4 Å². The second-order valence-corrected chi connectivity index (χ2v) is 4.60. The fraction of sp³-hybridized carbons (Fsp3) is 0.538. The lowest BCUT2D eigenvalue weighted by Crippen LogP contribution is -2.47. The summed E-state index contributed by atoms with van der Waals surface area (Å²) in [7, 11) is 1.52. The first-order valence-corrected chi connectivity index (χ1v) is 5.89. The number of rotatable bonds is 3. The molecule has 1 atom stereocenters. The second kappa shape index (κ2) is 5.02. The summed E-state index contributed by atoms with van der Waals surface area (Å²) in [5.74, 6) is 0.187. The summed E-state index contributed by atoms with van der Waals surface area (Å²) in [4.78, 5) is 0. The molecule has 17 heavy (non-hydrogen) atoms. The molecule has 1 aromatic carbocycles. The SMILES string of the molecule is COc1cccc(F)c1CC1(O)CCCNC1. The molecule has 94 valence electrons. The van der Waals surface area contributed by atoms with Crippen molar-refractivity contribution in [2.45, 2.75) is 24.9 Å². The number of β-amino-alcohol motifs (C(OH)–C–C–N with tert-alkyl or cyclic N) is 1. The van der Waals surface area contributed by atoms with E-state index in [1.54, 1.807) is 12.1 Å². The number of methoxy groups -OCH3 is 1. The van der Waals surface area contributed by atoms with Crippen molar-refractivity contribution < 1.29 is 14.2 Å². The molecular formula is C13H18FNO2. The van der Waals surface area contributed by atoms with Gasteiger partial charge in [0.15, 0.2) is 0 Å². The molecule has 1 saturated heterocycles. The highest BCUT2D eigenvalue weighted by atomic mass is 19.1. The van der Waals surface area contributed by atoms with Crippen LogP contribution < -0.4 is 10.1 Å². The molecule has 0 aromatic heterocycles.